The molecule has 0 bridgehead atoms. The molecule has 0 spiro atoms. The van der Waals surface area contributed by atoms with E-state index in [2.05, 4.69) is 52.9 Å². The summed E-state index contributed by atoms with van der Waals surface area (Å²) in [5, 5.41) is 8.62. The van der Waals surface area contributed by atoms with Gasteiger partial charge in [0.25, 0.3) is 0 Å². The predicted molar refractivity (Wildman–Crippen MR) is 121 cm³/mol. The van der Waals surface area contributed by atoms with E-state index in [0.717, 1.165) is 37.6 Å². The normalized spacial score (nSPS) is 11.2. The molecule has 4 rings (SSSR count). The molecule has 0 fully saturated rings. The lowest BCUT2D eigenvalue weighted by atomic mass is 10.1. The molecule has 0 saturated carbocycles. The number of hydrogen-bond donors (Lipinski definition) is 1. The summed E-state index contributed by atoms with van der Waals surface area (Å²) in [5.41, 5.74) is 3.99. The molecule has 1 N–H and O–H groups in total. The molecule has 0 atom stereocenters. The average molecular weight is 400 g/mol. The standard InChI is InChI=1S/C24H21N3OS/c1-17(28)25-19-9-6-10-20(15-19)29-21-12-13-22-23(26-27(2)24(22)16-21)14-11-18-7-4-3-5-8-18/h3-16H,1-2H3,(H,25,28)/b14-11+. The smallest absolute Gasteiger partial charge is 0.221 e. The Morgan fingerprint density at radius 3 is 2.55 bits per heavy atom. The zero-order valence-electron chi connectivity index (χ0n) is 16.3. The quantitative estimate of drug-likeness (QED) is 0.458. The summed E-state index contributed by atoms with van der Waals surface area (Å²) >= 11 is 1.66. The Morgan fingerprint density at radius 2 is 1.76 bits per heavy atom. The first-order valence-electron chi connectivity index (χ1n) is 9.34. The molecule has 144 valence electrons. The third-order valence-corrected chi connectivity index (χ3v) is 5.45. The van der Waals surface area contributed by atoms with E-state index < -0.39 is 0 Å². The second-order valence-electron chi connectivity index (χ2n) is 6.74. The van der Waals surface area contributed by atoms with Gasteiger partial charge in [-0.05, 0) is 48.0 Å². The minimum atomic E-state index is -0.0699. The Kier molecular flexibility index (Phi) is 5.49. The lowest BCUT2D eigenvalue weighted by molar-refractivity contribution is -0.114. The Labute approximate surface area is 174 Å². The van der Waals surface area contributed by atoms with Crippen LogP contribution in [0.5, 0.6) is 0 Å². The Morgan fingerprint density at radius 1 is 0.966 bits per heavy atom. The summed E-state index contributed by atoms with van der Waals surface area (Å²) in [6.07, 6.45) is 4.14. The van der Waals surface area contributed by atoms with Crippen molar-refractivity contribution >= 4 is 46.4 Å². The summed E-state index contributed by atoms with van der Waals surface area (Å²) in [5.74, 6) is -0.0699. The highest BCUT2D eigenvalue weighted by molar-refractivity contribution is 7.99. The van der Waals surface area contributed by atoms with Crippen molar-refractivity contribution in [3.8, 4) is 0 Å². The zero-order valence-corrected chi connectivity index (χ0v) is 17.1. The molecule has 1 amide bonds. The fraction of sp³-hybridized carbons (Fsp3) is 0.0833. The molecule has 4 nitrogen and oxygen atoms in total. The fourth-order valence-corrected chi connectivity index (χ4v) is 4.08. The van der Waals surface area contributed by atoms with Crippen LogP contribution in [-0.4, -0.2) is 15.7 Å². The van der Waals surface area contributed by atoms with E-state index in [1.54, 1.807) is 11.8 Å². The SMILES string of the molecule is CC(=O)Nc1cccc(Sc2ccc3c(/C=C/c4ccccc4)nn(C)c3c2)c1. The topological polar surface area (TPSA) is 46.9 Å². The average Bonchev–Trinajstić information content (AvgIpc) is 3.02. The summed E-state index contributed by atoms with van der Waals surface area (Å²) in [6.45, 7) is 1.51. The van der Waals surface area contributed by atoms with E-state index in [4.69, 9.17) is 0 Å². The van der Waals surface area contributed by atoms with Gasteiger partial charge >= 0.3 is 0 Å². The number of aromatic nitrogens is 2. The van der Waals surface area contributed by atoms with Crippen LogP contribution in [0.15, 0.2) is 82.6 Å². The van der Waals surface area contributed by atoms with Crippen molar-refractivity contribution in [1.29, 1.82) is 0 Å². The van der Waals surface area contributed by atoms with Crippen LogP contribution in [0.4, 0.5) is 5.69 Å². The van der Waals surface area contributed by atoms with Crippen LogP contribution in [-0.2, 0) is 11.8 Å². The number of nitrogens with one attached hydrogen (secondary N) is 1. The molecule has 0 aliphatic carbocycles. The maximum atomic E-state index is 11.3. The van der Waals surface area contributed by atoms with Crippen LogP contribution < -0.4 is 5.32 Å². The summed E-state index contributed by atoms with van der Waals surface area (Å²) < 4.78 is 1.91. The first-order valence-corrected chi connectivity index (χ1v) is 10.2. The summed E-state index contributed by atoms with van der Waals surface area (Å²) in [4.78, 5) is 13.5. The first-order chi connectivity index (χ1) is 14.1. The lowest BCUT2D eigenvalue weighted by Crippen LogP contribution is -2.05. The number of rotatable bonds is 5. The maximum Gasteiger partial charge on any atom is 0.221 e. The van der Waals surface area contributed by atoms with Crippen molar-refractivity contribution in [1.82, 2.24) is 9.78 Å². The Balaban J connectivity index is 1.60. The predicted octanol–water partition coefficient (Wildman–Crippen LogP) is 5.85. The van der Waals surface area contributed by atoms with Gasteiger partial charge in [0.2, 0.25) is 5.91 Å². The molecule has 0 aliphatic rings. The van der Waals surface area contributed by atoms with Crippen LogP contribution in [0.25, 0.3) is 23.1 Å². The summed E-state index contributed by atoms with van der Waals surface area (Å²) in [7, 11) is 1.97. The van der Waals surface area contributed by atoms with E-state index in [-0.39, 0.29) is 5.91 Å². The molecule has 0 unspecified atom stereocenters. The number of benzene rings is 3. The molecule has 0 aliphatic heterocycles. The maximum absolute atomic E-state index is 11.3. The Hall–Kier alpha value is -3.31. The van der Waals surface area contributed by atoms with Gasteiger partial charge in [0.15, 0.2) is 0 Å². The highest BCUT2D eigenvalue weighted by Gasteiger charge is 2.08. The van der Waals surface area contributed by atoms with Crippen molar-refractivity contribution in [3.05, 3.63) is 84.1 Å². The second kappa shape index (κ2) is 8.37. The molecule has 3 aromatic carbocycles. The van der Waals surface area contributed by atoms with E-state index in [9.17, 15) is 4.79 Å². The molecule has 4 aromatic rings. The van der Waals surface area contributed by atoms with Crippen molar-refractivity contribution in [2.75, 3.05) is 5.32 Å². The number of carbonyl (C=O) groups is 1. The van der Waals surface area contributed by atoms with E-state index >= 15 is 0 Å². The van der Waals surface area contributed by atoms with E-state index in [1.807, 2.05) is 54.2 Å². The van der Waals surface area contributed by atoms with Gasteiger partial charge in [0.1, 0.15) is 0 Å². The number of carbonyl (C=O) groups excluding carboxylic acids is 1. The molecule has 0 saturated heterocycles. The lowest BCUT2D eigenvalue weighted by Gasteiger charge is -2.06. The molecule has 5 heteroatoms. The Bertz CT molecular complexity index is 1200. The van der Waals surface area contributed by atoms with Crippen LogP contribution in [0.3, 0.4) is 0 Å². The number of hydrogen-bond acceptors (Lipinski definition) is 3. The molecule has 1 aromatic heterocycles. The second-order valence-corrected chi connectivity index (χ2v) is 7.89. The number of nitrogens with zero attached hydrogens (tertiary/aromatic N) is 2. The first kappa shape index (κ1) is 19.0. The van der Waals surface area contributed by atoms with E-state index in [1.165, 1.54) is 6.92 Å². The molecule has 29 heavy (non-hydrogen) atoms. The third-order valence-electron chi connectivity index (χ3n) is 4.47. The third kappa shape index (κ3) is 4.58. The number of fused-ring (bicyclic) bond motifs is 1. The molecule has 0 radical (unpaired) electrons. The molecule has 1 heterocycles. The van der Waals surface area contributed by atoms with Gasteiger partial charge in [-0.15, -0.1) is 0 Å². The molecular weight excluding hydrogens is 378 g/mol. The monoisotopic (exact) mass is 399 g/mol. The van der Waals surface area contributed by atoms with Crippen molar-refractivity contribution in [2.24, 2.45) is 7.05 Å². The van der Waals surface area contributed by atoms with Gasteiger partial charge in [-0.3, -0.25) is 9.48 Å². The van der Waals surface area contributed by atoms with Gasteiger partial charge < -0.3 is 5.32 Å². The number of aryl methyl sites for hydroxylation is 1. The van der Waals surface area contributed by atoms with Gasteiger partial charge in [0.05, 0.1) is 11.2 Å². The van der Waals surface area contributed by atoms with Crippen LogP contribution >= 0.6 is 11.8 Å². The highest BCUT2D eigenvalue weighted by Crippen LogP contribution is 2.32. The number of amides is 1. The minimum Gasteiger partial charge on any atom is -0.326 e. The van der Waals surface area contributed by atoms with Gasteiger partial charge in [0, 0.05) is 34.8 Å². The van der Waals surface area contributed by atoms with Crippen LogP contribution in [0.1, 0.15) is 18.2 Å². The van der Waals surface area contributed by atoms with Crippen molar-refractivity contribution in [2.45, 2.75) is 16.7 Å². The highest BCUT2D eigenvalue weighted by atomic mass is 32.2. The molecular formula is C24H21N3OS. The van der Waals surface area contributed by atoms with Crippen LogP contribution in [0.2, 0.25) is 0 Å². The van der Waals surface area contributed by atoms with Crippen molar-refractivity contribution in [3.63, 3.8) is 0 Å². The van der Waals surface area contributed by atoms with Gasteiger partial charge in [-0.1, -0.05) is 54.2 Å². The largest absolute Gasteiger partial charge is 0.326 e. The minimum absolute atomic E-state index is 0.0699. The van der Waals surface area contributed by atoms with E-state index in [0.29, 0.717) is 0 Å². The van der Waals surface area contributed by atoms with Crippen LogP contribution in [0, 0.1) is 0 Å². The number of anilines is 1. The van der Waals surface area contributed by atoms with Gasteiger partial charge in [-0.2, -0.15) is 5.10 Å². The zero-order chi connectivity index (χ0) is 20.2. The summed E-state index contributed by atoms with van der Waals surface area (Å²) in [6, 6.07) is 24.5. The van der Waals surface area contributed by atoms with Crippen molar-refractivity contribution < 1.29 is 4.79 Å². The van der Waals surface area contributed by atoms with Gasteiger partial charge in [-0.25, -0.2) is 0 Å². The fourth-order valence-electron chi connectivity index (χ4n) is 3.17.